The van der Waals surface area contributed by atoms with E-state index in [9.17, 15) is 9.18 Å². The third-order valence-electron chi connectivity index (χ3n) is 1.98. The van der Waals surface area contributed by atoms with E-state index in [1.165, 1.54) is 18.2 Å². The molecule has 0 saturated heterocycles. The standard InChI is InChI=1S/C10H8BrFN4O/c1-5-13-9(16-15-5)10(17)14-8-4-6(12)2-3-7(8)11/h2-4H,1H3,(H,14,17)(H,13,15,16). The SMILES string of the molecule is Cc1nc(C(=O)Nc2cc(F)ccc2Br)n[nH]1. The molecule has 0 saturated carbocycles. The highest BCUT2D eigenvalue weighted by molar-refractivity contribution is 9.10. The molecule has 17 heavy (non-hydrogen) atoms. The van der Waals surface area contributed by atoms with Crippen LogP contribution in [0.2, 0.25) is 0 Å². The Morgan fingerprint density at radius 1 is 1.53 bits per heavy atom. The van der Waals surface area contributed by atoms with E-state index in [4.69, 9.17) is 0 Å². The maximum absolute atomic E-state index is 13.0. The minimum Gasteiger partial charge on any atom is -0.318 e. The third kappa shape index (κ3) is 2.68. The van der Waals surface area contributed by atoms with Crippen molar-refractivity contribution < 1.29 is 9.18 Å². The second-order valence-corrected chi connectivity index (χ2v) is 4.18. The number of hydrogen-bond donors (Lipinski definition) is 2. The molecule has 0 bridgehead atoms. The number of rotatable bonds is 2. The molecule has 88 valence electrons. The van der Waals surface area contributed by atoms with Crippen molar-refractivity contribution in [2.75, 3.05) is 5.32 Å². The van der Waals surface area contributed by atoms with Crippen molar-refractivity contribution in [3.8, 4) is 0 Å². The van der Waals surface area contributed by atoms with Gasteiger partial charge in [-0.15, -0.1) is 5.10 Å². The van der Waals surface area contributed by atoms with E-state index in [0.717, 1.165) is 0 Å². The van der Waals surface area contributed by atoms with Gasteiger partial charge < -0.3 is 5.32 Å². The number of halogens is 2. The predicted octanol–water partition coefficient (Wildman–Crippen LogP) is 2.27. The minimum absolute atomic E-state index is 0.0126. The van der Waals surface area contributed by atoms with Crippen LogP contribution >= 0.6 is 15.9 Å². The average molecular weight is 299 g/mol. The van der Waals surface area contributed by atoms with E-state index in [1.807, 2.05) is 0 Å². The van der Waals surface area contributed by atoms with Gasteiger partial charge in [0.05, 0.1) is 5.69 Å². The van der Waals surface area contributed by atoms with Crippen molar-refractivity contribution in [2.45, 2.75) is 6.92 Å². The molecule has 1 aromatic carbocycles. The van der Waals surface area contributed by atoms with E-state index in [2.05, 4.69) is 36.4 Å². The topological polar surface area (TPSA) is 70.7 Å². The van der Waals surface area contributed by atoms with Gasteiger partial charge in [-0.1, -0.05) is 0 Å². The maximum atomic E-state index is 13.0. The van der Waals surface area contributed by atoms with E-state index in [-0.39, 0.29) is 5.82 Å². The molecular formula is C10H8BrFN4O. The molecule has 7 heteroatoms. The highest BCUT2D eigenvalue weighted by Gasteiger charge is 2.13. The predicted molar refractivity (Wildman–Crippen MR) is 63.2 cm³/mol. The lowest BCUT2D eigenvalue weighted by molar-refractivity contribution is 0.101. The van der Waals surface area contributed by atoms with Gasteiger partial charge in [0, 0.05) is 4.47 Å². The van der Waals surface area contributed by atoms with Gasteiger partial charge in [-0.25, -0.2) is 9.37 Å². The molecule has 0 aliphatic carbocycles. The number of aromatic amines is 1. The fraction of sp³-hybridized carbons (Fsp3) is 0.100. The Balaban J connectivity index is 2.21. The lowest BCUT2D eigenvalue weighted by Crippen LogP contribution is -2.14. The lowest BCUT2D eigenvalue weighted by atomic mass is 10.3. The van der Waals surface area contributed by atoms with Crippen LogP contribution in [0.5, 0.6) is 0 Å². The van der Waals surface area contributed by atoms with Gasteiger partial charge in [-0.2, -0.15) is 0 Å². The molecule has 2 aromatic rings. The molecule has 1 aromatic heterocycles. The molecular weight excluding hydrogens is 291 g/mol. The van der Waals surface area contributed by atoms with Gasteiger partial charge in [0.2, 0.25) is 5.82 Å². The molecule has 0 radical (unpaired) electrons. The van der Waals surface area contributed by atoms with Crippen molar-refractivity contribution in [1.82, 2.24) is 15.2 Å². The first-order valence-electron chi connectivity index (χ1n) is 4.71. The van der Waals surface area contributed by atoms with Gasteiger partial charge >= 0.3 is 0 Å². The molecule has 1 heterocycles. The van der Waals surface area contributed by atoms with Crippen LogP contribution in [-0.2, 0) is 0 Å². The number of hydrogen-bond acceptors (Lipinski definition) is 3. The number of amides is 1. The van der Waals surface area contributed by atoms with Crippen molar-refractivity contribution >= 4 is 27.5 Å². The smallest absolute Gasteiger partial charge is 0.295 e. The largest absolute Gasteiger partial charge is 0.318 e. The Morgan fingerprint density at radius 3 is 2.94 bits per heavy atom. The highest BCUT2D eigenvalue weighted by Crippen LogP contribution is 2.23. The summed E-state index contributed by atoms with van der Waals surface area (Å²) in [4.78, 5) is 15.6. The second-order valence-electron chi connectivity index (χ2n) is 3.32. The number of anilines is 1. The molecule has 0 unspecified atom stereocenters. The molecule has 0 atom stereocenters. The Bertz CT molecular complexity index is 569. The van der Waals surface area contributed by atoms with Gasteiger partial charge in [0.15, 0.2) is 0 Å². The van der Waals surface area contributed by atoms with Gasteiger partial charge in [-0.3, -0.25) is 9.89 Å². The summed E-state index contributed by atoms with van der Waals surface area (Å²) in [5, 5.41) is 8.77. The molecule has 0 aliphatic rings. The van der Waals surface area contributed by atoms with Gasteiger partial charge in [-0.05, 0) is 41.1 Å². The van der Waals surface area contributed by atoms with Crippen LogP contribution in [0, 0.1) is 12.7 Å². The van der Waals surface area contributed by atoms with Crippen molar-refractivity contribution in [2.24, 2.45) is 0 Å². The van der Waals surface area contributed by atoms with Gasteiger partial charge in [0.25, 0.3) is 5.91 Å². The van der Waals surface area contributed by atoms with Crippen LogP contribution in [0.1, 0.15) is 16.4 Å². The molecule has 2 N–H and O–H groups in total. The number of nitrogens with one attached hydrogen (secondary N) is 2. The monoisotopic (exact) mass is 298 g/mol. The van der Waals surface area contributed by atoms with E-state index in [1.54, 1.807) is 6.92 Å². The van der Waals surface area contributed by atoms with Crippen molar-refractivity contribution in [3.63, 3.8) is 0 Å². The quantitative estimate of drug-likeness (QED) is 0.893. The molecule has 5 nitrogen and oxygen atoms in total. The van der Waals surface area contributed by atoms with Crippen LogP contribution in [0.15, 0.2) is 22.7 Å². The first kappa shape index (κ1) is 11.7. The second kappa shape index (κ2) is 4.62. The first-order valence-corrected chi connectivity index (χ1v) is 5.51. The maximum Gasteiger partial charge on any atom is 0.295 e. The number of H-pyrrole nitrogens is 1. The summed E-state index contributed by atoms with van der Waals surface area (Å²) in [6, 6.07) is 4.01. The Hall–Kier alpha value is -1.76. The summed E-state index contributed by atoms with van der Waals surface area (Å²) < 4.78 is 13.6. The average Bonchev–Trinajstić information content (AvgIpc) is 2.70. The summed E-state index contributed by atoms with van der Waals surface area (Å²) in [6.07, 6.45) is 0. The van der Waals surface area contributed by atoms with Crippen molar-refractivity contribution in [3.05, 3.63) is 40.1 Å². The van der Waals surface area contributed by atoms with Crippen LogP contribution in [0.3, 0.4) is 0 Å². The van der Waals surface area contributed by atoms with E-state index in [0.29, 0.717) is 16.0 Å². The Labute approximate surface area is 105 Å². The summed E-state index contributed by atoms with van der Waals surface area (Å²) in [5.74, 6) is -0.387. The third-order valence-corrected chi connectivity index (χ3v) is 2.67. The Morgan fingerprint density at radius 2 is 2.29 bits per heavy atom. The molecule has 1 amide bonds. The number of nitrogens with zero attached hydrogens (tertiary/aromatic N) is 2. The number of carbonyl (C=O) groups is 1. The zero-order valence-electron chi connectivity index (χ0n) is 8.79. The van der Waals surface area contributed by atoms with Gasteiger partial charge in [0.1, 0.15) is 11.6 Å². The number of carbonyl (C=O) groups excluding carboxylic acids is 1. The zero-order chi connectivity index (χ0) is 12.4. The fourth-order valence-corrected chi connectivity index (χ4v) is 1.56. The highest BCUT2D eigenvalue weighted by atomic mass is 79.9. The number of aryl methyl sites for hydroxylation is 1. The fourth-order valence-electron chi connectivity index (χ4n) is 1.22. The van der Waals surface area contributed by atoms with E-state index < -0.39 is 11.7 Å². The van der Waals surface area contributed by atoms with E-state index >= 15 is 0 Å². The van der Waals surface area contributed by atoms with Crippen LogP contribution in [0.4, 0.5) is 10.1 Å². The normalized spacial score (nSPS) is 10.3. The lowest BCUT2D eigenvalue weighted by Gasteiger charge is -2.04. The van der Waals surface area contributed by atoms with Crippen molar-refractivity contribution in [1.29, 1.82) is 0 Å². The molecule has 0 fully saturated rings. The summed E-state index contributed by atoms with van der Waals surface area (Å²) in [6.45, 7) is 1.68. The molecule has 0 spiro atoms. The number of benzene rings is 1. The summed E-state index contributed by atoms with van der Waals surface area (Å²) in [7, 11) is 0. The van der Waals surface area contributed by atoms with Crippen LogP contribution < -0.4 is 5.32 Å². The number of aromatic nitrogens is 3. The first-order chi connectivity index (χ1) is 8.06. The molecule has 0 aliphatic heterocycles. The van der Waals surface area contributed by atoms with Crippen LogP contribution in [0.25, 0.3) is 0 Å². The summed E-state index contributed by atoms with van der Waals surface area (Å²) >= 11 is 3.21. The van der Waals surface area contributed by atoms with Crippen LogP contribution in [-0.4, -0.2) is 21.1 Å². The minimum atomic E-state index is -0.499. The Kier molecular flexibility index (Phi) is 3.19. The zero-order valence-corrected chi connectivity index (χ0v) is 10.4. The molecule has 2 rings (SSSR count). The summed E-state index contributed by atoms with van der Waals surface area (Å²) in [5.41, 5.74) is 0.331.